The number of hydrogen-bond donors (Lipinski definition) is 1. The fourth-order valence-electron chi connectivity index (χ4n) is 4.66. The third kappa shape index (κ3) is 5.71. The third-order valence-corrected chi connectivity index (χ3v) is 6.57. The first-order valence-corrected chi connectivity index (χ1v) is 12.0. The average molecular weight is 518 g/mol. The Hall–Kier alpha value is -2.95. The summed E-state index contributed by atoms with van der Waals surface area (Å²) in [6, 6.07) is 4.46. The van der Waals surface area contributed by atoms with Gasteiger partial charge in [0.05, 0.1) is 18.3 Å². The molecule has 0 saturated carbocycles. The van der Waals surface area contributed by atoms with E-state index in [1.807, 2.05) is 11.8 Å². The van der Waals surface area contributed by atoms with E-state index in [4.69, 9.17) is 4.74 Å². The molecule has 1 aromatic carbocycles. The highest BCUT2D eigenvalue weighted by atomic mass is 35.5. The van der Waals surface area contributed by atoms with Crippen molar-refractivity contribution in [3.63, 3.8) is 0 Å². The number of aromatic nitrogens is 4. The summed E-state index contributed by atoms with van der Waals surface area (Å²) in [5.41, 5.74) is 2.44. The van der Waals surface area contributed by atoms with Crippen LogP contribution in [0.4, 0.5) is 14.5 Å². The summed E-state index contributed by atoms with van der Waals surface area (Å²) in [4.78, 5) is 21.9. The van der Waals surface area contributed by atoms with Crippen molar-refractivity contribution in [2.24, 2.45) is 0 Å². The van der Waals surface area contributed by atoms with E-state index < -0.39 is 11.6 Å². The second-order valence-corrected chi connectivity index (χ2v) is 8.82. The number of ether oxygens (including phenoxy) is 1. The van der Waals surface area contributed by atoms with Gasteiger partial charge in [0.15, 0.2) is 23.2 Å². The van der Waals surface area contributed by atoms with Crippen LogP contribution in [0.25, 0.3) is 11.6 Å². The van der Waals surface area contributed by atoms with E-state index in [-0.39, 0.29) is 24.2 Å². The molecule has 0 aliphatic carbocycles. The van der Waals surface area contributed by atoms with E-state index in [0.717, 1.165) is 50.4 Å². The van der Waals surface area contributed by atoms with Crippen LogP contribution in [0.15, 0.2) is 36.8 Å². The Morgan fingerprint density at radius 1 is 1.06 bits per heavy atom. The molecule has 0 spiro atoms. The van der Waals surface area contributed by atoms with Gasteiger partial charge in [0.2, 0.25) is 5.82 Å². The minimum Gasteiger partial charge on any atom is -0.490 e. The molecule has 5 rings (SSSR count). The van der Waals surface area contributed by atoms with Crippen LogP contribution in [0, 0.1) is 11.6 Å². The van der Waals surface area contributed by atoms with Gasteiger partial charge in [-0.1, -0.05) is 0 Å². The van der Waals surface area contributed by atoms with Crippen molar-refractivity contribution >= 4 is 18.1 Å². The third-order valence-electron chi connectivity index (χ3n) is 6.57. The molecular weight excluding hydrogens is 488 g/mol. The predicted molar refractivity (Wildman–Crippen MR) is 136 cm³/mol. The standard InChI is InChI=1S/C25H29F2N7O.ClH/c1-17-19-16-31-25(24-29-5-2-6-30-24)32-21(19)4-10-34(17)18-14-20(26)23(27)22(15-18)35-13-3-9-33-11-7-28-8-12-33;/h2,5-6,14-17,28H,3-4,7-13H2,1H3;1H. The largest absolute Gasteiger partial charge is 0.490 e. The molecule has 3 aromatic rings. The zero-order valence-corrected chi connectivity index (χ0v) is 21.0. The summed E-state index contributed by atoms with van der Waals surface area (Å²) in [7, 11) is 0. The van der Waals surface area contributed by atoms with Gasteiger partial charge in [-0.3, -0.25) is 0 Å². The van der Waals surface area contributed by atoms with Gasteiger partial charge in [-0.25, -0.2) is 24.3 Å². The highest BCUT2D eigenvalue weighted by Crippen LogP contribution is 2.36. The van der Waals surface area contributed by atoms with Crippen molar-refractivity contribution in [3.05, 3.63) is 59.7 Å². The van der Waals surface area contributed by atoms with E-state index in [0.29, 0.717) is 36.9 Å². The van der Waals surface area contributed by atoms with Gasteiger partial charge in [0.25, 0.3) is 0 Å². The minimum atomic E-state index is -0.947. The highest BCUT2D eigenvalue weighted by molar-refractivity contribution is 5.85. The van der Waals surface area contributed by atoms with Gasteiger partial charge < -0.3 is 19.9 Å². The van der Waals surface area contributed by atoms with Gasteiger partial charge in [-0.15, -0.1) is 12.4 Å². The van der Waals surface area contributed by atoms with Gasteiger partial charge in [0.1, 0.15) is 0 Å². The number of piperazine rings is 1. The number of benzene rings is 1. The van der Waals surface area contributed by atoms with Crippen LogP contribution < -0.4 is 15.0 Å². The molecule has 8 nitrogen and oxygen atoms in total. The zero-order valence-electron chi connectivity index (χ0n) is 20.2. The lowest BCUT2D eigenvalue weighted by molar-refractivity contribution is 0.210. The Bertz CT molecular complexity index is 1160. The molecule has 2 aromatic heterocycles. The van der Waals surface area contributed by atoms with Crippen molar-refractivity contribution in [2.75, 3.05) is 50.8 Å². The molecule has 0 bridgehead atoms. The summed E-state index contributed by atoms with van der Waals surface area (Å²) in [5, 5.41) is 3.32. The number of halogens is 3. The SMILES string of the molecule is CC1c2cnc(-c3ncccn3)nc2CCN1c1cc(F)c(F)c(OCCCN2CCNCC2)c1.Cl. The summed E-state index contributed by atoms with van der Waals surface area (Å²) in [6.45, 7) is 7.77. The van der Waals surface area contributed by atoms with Crippen molar-refractivity contribution < 1.29 is 13.5 Å². The molecule has 1 fully saturated rings. The van der Waals surface area contributed by atoms with Crippen LogP contribution in [0.1, 0.15) is 30.6 Å². The van der Waals surface area contributed by atoms with Crippen molar-refractivity contribution in [2.45, 2.75) is 25.8 Å². The molecule has 36 heavy (non-hydrogen) atoms. The van der Waals surface area contributed by atoms with E-state index in [1.54, 1.807) is 30.7 Å². The maximum absolute atomic E-state index is 14.5. The lowest BCUT2D eigenvalue weighted by Crippen LogP contribution is -2.44. The molecule has 1 atom stereocenters. The van der Waals surface area contributed by atoms with Gasteiger partial charge >= 0.3 is 0 Å². The molecule has 1 N–H and O–H groups in total. The number of rotatable bonds is 7. The molecule has 0 amide bonds. The monoisotopic (exact) mass is 517 g/mol. The van der Waals surface area contributed by atoms with Crippen LogP contribution in [-0.4, -0.2) is 70.7 Å². The van der Waals surface area contributed by atoms with Gasteiger partial charge in [-0.2, -0.15) is 4.39 Å². The molecule has 4 heterocycles. The summed E-state index contributed by atoms with van der Waals surface area (Å²) >= 11 is 0. The Labute approximate surface area is 215 Å². The van der Waals surface area contributed by atoms with Crippen LogP contribution in [0.3, 0.4) is 0 Å². The number of hydrogen-bond acceptors (Lipinski definition) is 8. The molecule has 1 unspecified atom stereocenters. The first-order chi connectivity index (χ1) is 17.1. The van der Waals surface area contributed by atoms with Gasteiger partial charge in [-0.05, 0) is 19.4 Å². The lowest BCUT2D eigenvalue weighted by atomic mass is 9.98. The maximum Gasteiger partial charge on any atom is 0.200 e. The molecule has 192 valence electrons. The van der Waals surface area contributed by atoms with Crippen molar-refractivity contribution in [1.29, 1.82) is 0 Å². The normalized spacial score (nSPS) is 17.9. The zero-order chi connectivity index (χ0) is 24.2. The lowest BCUT2D eigenvalue weighted by Gasteiger charge is -2.36. The highest BCUT2D eigenvalue weighted by Gasteiger charge is 2.28. The molecular formula is C25H30ClF2N7O. The van der Waals surface area contributed by atoms with E-state index in [2.05, 4.69) is 30.2 Å². The smallest absolute Gasteiger partial charge is 0.200 e. The fraction of sp³-hybridized carbons (Fsp3) is 0.440. The van der Waals surface area contributed by atoms with Crippen LogP contribution >= 0.6 is 12.4 Å². The topological polar surface area (TPSA) is 79.3 Å². The van der Waals surface area contributed by atoms with Crippen LogP contribution in [-0.2, 0) is 6.42 Å². The van der Waals surface area contributed by atoms with E-state index in [9.17, 15) is 8.78 Å². The number of fused-ring (bicyclic) bond motifs is 1. The Morgan fingerprint density at radius 3 is 2.61 bits per heavy atom. The second kappa shape index (κ2) is 11.9. The van der Waals surface area contributed by atoms with Crippen molar-refractivity contribution in [3.8, 4) is 17.4 Å². The molecule has 11 heteroatoms. The molecule has 2 aliphatic heterocycles. The molecule has 1 saturated heterocycles. The predicted octanol–water partition coefficient (Wildman–Crippen LogP) is 3.43. The summed E-state index contributed by atoms with van der Waals surface area (Å²) in [5.74, 6) is -0.951. The first-order valence-electron chi connectivity index (χ1n) is 12.0. The molecule has 0 radical (unpaired) electrons. The Balaban J connectivity index is 0.00000304. The summed E-state index contributed by atoms with van der Waals surface area (Å²) < 4.78 is 34.7. The van der Waals surface area contributed by atoms with Gasteiger partial charge in [0, 0.05) is 87.7 Å². The number of anilines is 1. The Kier molecular flexibility index (Phi) is 8.60. The first kappa shape index (κ1) is 26.1. The maximum atomic E-state index is 14.5. The van der Waals surface area contributed by atoms with Crippen molar-refractivity contribution in [1.82, 2.24) is 30.2 Å². The fourth-order valence-corrected chi connectivity index (χ4v) is 4.66. The average Bonchev–Trinajstić information content (AvgIpc) is 2.90. The summed E-state index contributed by atoms with van der Waals surface area (Å²) in [6.07, 6.45) is 6.48. The number of nitrogens with zero attached hydrogens (tertiary/aromatic N) is 6. The quantitative estimate of drug-likeness (QED) is 0.478. The van der Waals surface area contributed by atoms with E-state index >= 15 is 0 Å². The van der Waals surface area contributed by atoms with Crippen LogP contribution in [0.5, 0.6) is 5.75 Å². The second-order valence-electron chi connectivity index (χ2n) is 8.82. The van der Waals surface area contributed by atoms with E-state index in [1.165, 1.54) is 6.07 Å². The molecule has 2 aliphatic rings. The number of nitrogens with one attached hydrogen (secondary N) is 1. The minimum absolute atomic E-state index is 0. The Morgan fingerprint density at radius 2 is 1.83 bits per heavy atom. The van der Waals surface area contributed by atoms with Crippen LogP contribution in [0.2, 0.25) is 0 Å².